The normalized spacial score (nSPS) is 17.3. The maximum Gasteiger partial charge on any atom is 0.274 e. The summed E-state index contributed by atoms with van der Waals surface area (Å²) in [6.07, 6.45) is 5.09. The van der Waals surface area contributed by atoms with E-state index < -0.39 is 0 Å². The summed E-state index contributed by atoms with van der Waals surface area (Å²) in [5, 5.41) is 4.37. The molecule has 1 amide bonds. The standard InChI is InChI=1S/C17H17BrN4O2/c1-3-12-6-13-10(2)21(5-4-15(13)24-12)17(23)14-7-16-19-8-11(18)9-22(16)20-14/h6-10H,3-5H2,1-2H3. The number of fused-ring (bicyclic) bond motifs is 2. The van der Waals surface area contributed by atoms with Crippen molar-refractivity contribution < 1.29 is 9.21 Å². The maximum atomic E-state index is 12.9. The van der Waals surface area contributed by atoms with E-state index in [0.29, 0.717) is 17.9 Å². The van der Waals surface area contributed by atoms with Crippen LogP contribution in [0.15, 0.2) is 33.4 Å². The van der Waals surface area contributed by atoms with Crippen molar-refractivity contribution in [2.45, 2.75) is 32.7 Å². The Morgan fingerprint density at radius 2 is 2.29 bits per heavy atom. The Morgan fingerprint density at radius 1 is 1.46 bits per heavy atom. The molecule has 1 aliphatic heterocycles. The van der Waals surface area contributed by atoms with Crippen molar-refractivity contribution in [3.63, 3.8) is 0 Å². The third-order valence-corrected chi connectivity index (χ3v) is 4.91. The third kappa shape index (κ3) is 2.43. The Balaban J connectivity index is 1.66. The molecule has 6 nitrogen and oxygen atoms in total. The van der Waals surface area contributed by atoms with Gasteiger partial charge >= 0.3 is 0 Å². The fourth-order valence-electron chi connectivity index (χ4n) is 3.19. The molecular weight excluding hydrogens is 372 g/mol. The minimum Gasteiger partial charge on any atom is -0.466 e. The molecule has 0 saturated heterocycles. The summed E-state index contributed by atoms with van der Waals surface area (Å²) in [6.45, 7) is 4.74. The molecule has 0 aliphatic carbocycles. The van der Waals surface area contributed by atoms with E-state index in [-0.39, 0.29) is 11.9 Å². The molecule has 4 rings (SSSR count). The summed E-state index contributed by atoms with van der Waals surface area (Å²) < 4.78 is 8.28. The Kier molecular flexibility index (Phi) is 3.68. The lowest BCUT2D eigenvalue weighted by atomic mass is 10.00. The van der Waals surface area contributed by atoms with Gasteiger partial charge in [-0.25, -0.2) is 9.50 Å². The summed E-state index contributed by atoms with van der Waals surface area (Å²) in [5.41, 5.74) is 2.18. The Bertz CT molecular complexity index is 930. The zero-order chi connectivity index (χ0) is 16.8. The minimum atomic E-state index is -0.0750. The van der Waals surface area contributed by atoms with Crippen LogP contribution in [0.25, 0.3) is 5.65 Å². The predicted molar refractivity (Wildman–Crippen MR) is 91.9 cm³/mol. The van der Waals surface area contributed by atoms with Crippen LogP contribution < -0.4 is 0 Å². The second-order valence-corrected chi connectivity index (χ2v) is 6.89. The average molecular weight is 389 g/mol. The monoisotopic (exact) mass is 388 g/mol. The van der Waals surface area contributed by atoms with Crippen molar-refractivity contribution in [3.8, 4) is 0 Å². The van der Waals surface area contributed by atoms with Crippen LogP contribution in [0.2, 0.25) is 0 Å². The molecule has 7 heteroatoms. The third-order valence-electron chi connectivity index (χ3n) is 4.50. The Labute approximate surface area is 147 Å². The molecule has 0 spiro atoms. The summed E-state index contributed by atoms with van der Waals surface area (Å²) in [5.74, 6) is 1.90. The molecule has 0 N–H and O–H groups in total. The van der Waals surface area contributed by atoms with Gasteiger partial charge in [0.1, 0.15) is 11.5 Å². The number of hydrogen-bond donors (Lipinski definition) is 0. The number of carbonyl (C=O) groups is 1. The van der Waals surface area contributed by atoms with Crippen molar-refractivity contribution in [2.75, 3.05) is 6.54 Å². The number of rotatable bonds is 2. The summed E-state index contributed by atoms with van der Waals surface area (Å²) in [7, 11) is 0. The van der Waals surface area contributed by atoms with E-state index in [1.165, 1.54) is 0 Å². The van der Waals surface area contributed by atoms with Crippen molar-refractivity contribution in [2.24, 2.45) is 0 Å². The number of furan rings is 1. The molecule has 0 fully saturated rings. The van der Waals surface area contributed by atoms with E-state index in [4.69, 9.17) is 4.42 Å². The Morgan fingerprint density at radius 3 is 3.08 bits per heavy atom. The van der Waals surface area contributed by atoms with Crippen LogP contribution in [0.3, 0.4) is 0 Å². The fourth-order valence-corrected chi connectivity index (χ4v) is 3.49. The Hall–Kier alpha value is -2.15. The topological polar surface area (TPSA) is 63.6 Å². The zero-order valence-electron chi connectivity index (χ0n) is 13.5. The molecule has 1 atom stereocenters. The molecule has 3 aromatic rings. The summed E-state index contributed by atoms with van der Waals surface area (Å²) in [4.78, 5) is 19.1. The van der Waals surface area contributed by atoms with Crippen molar-refractivity contribution >= 4 is 27.5 Å². The van der Waals surface area contributed by atoms with Crippen LogP contribution in [0.4, 0.5) is 0 Å². The van der Waals surface area contributed by atoms with Gasteiger partial charge in [0.25, 0.3) is 5.91 Å². The predicted octanol–water partition coefficient (Wildman–Crippen LogP) is 3.41. The number of carbonyl (C=O) groups excluding carboxylic acids is 1. The van der Waals surface area contributed by atoms with Crippen LogP contribution in [-0.2, 0) is 12.8 Å². The van der Waals surface area contributed by atoms with Gasteiger partial charge in [-0.2, -0.15) is 5.10 Å². The molecule has 0 bridgehead atoms. The van der Waals surface area contributed by atoms with Gasteiger partial charge in [0, 0.05) is 43.4 Å². The highest BCUT2D eigenvalue weighted by Crippen LogP contribution is 2.33. The molecule has 4 heterocycles. The highest BCUT2D eigenvalue weighted by molar-refractivity contribution is 9.10. The molecule has 0 aromatic carbocycles. The first-order chi connectivity index (χ1) is 11.6. The van der Waals surface area contributed by atoms with Crippen LogP contribution in [-0.4, -0.2) is 31.9 Å². The van der Waals surface area contributed by atoms with Crippen molar-refractivity contribution in [1.82, 2.24) is 19.5 Å². The average Bonchev–Trinajstić information content (AvgIpc) is 3.18. The summed E-state index contributed by atoms with van der Waals surface area (Å²) >= 11 is 3.36. The lowest BCUT2D eigenvalue weighted by Crippen LogP contribution is -2.38. The molecule has 124 valence electrons. The number of hydrogen-bond acceptors (Lipinski definition) is 4. The molecule has 0 saturated carbocycles. The van der Waals surface area contributed by atoms with Crippen molar-refractivity contribution in [3.05, 3.63) is 51.8 Å². The number of aryl methyl sites for hydroxylation is 1. The largest absolute Gasteiger partial charge is 0.466 e. The van der Waals surface area contributed by atoms with E-state index in [2.05, 4.69) is 39.0 Å². The first-order valence-corrected chi connectivity index (χ1v) is 8.79. The SMILES string of the molecule is CCc1cc2c(o1)CCN(C(=O)c1cc3ncc(Br)cn3n1)C2C. The molecule has 1 aliphatic rings. The van der Waals surface area contributed by atoms with Gasteiger partial charge in [-0.15, -0.1) is 0 Å². The van der Waals surface area contributed by atoms with Gasteiger partial charge < -0.3 is 9.32 Å². The van der Waals surface area contributed by atoms with Crippen LogP contribution in [0.1, 0.15) is 47.5 Å². The van der Waals surface area contributed by atoms with E-state index in [1.807, 2.05) is 11.8 Å². The van der Waals surface area contributed by atoms with E-state index >= 15 is 0 Å². The molecule has 1 unspecified atom stereocenters. The molecule has 3 aromatic heterocycles. The molecule has 0 radical (unpaired) electrons. The fraction of sp³-hybridized carbons (Fsp3) is 0.353. The maximum absolute atomic E-state index is 12.9. The van der Waals surface area contributed by atoms with Crippen LogP contribution >= 0.6 is 15.9 Å². The van der Waals surface area contributed by atoms with E-state index in [9.17, 15) is 4.79 Å². The van der Waals surface area contributed by atoms with Gasteiger partial charge in [-0.1, -0.05) is 6.92 Å². The molecule has 24 heavy (non-hydrogen) atoms. The zero-order valence-corrected chi connectivity index (χ0v) is 15.1. The lowest BCUT2D eigenvalue weighted by Gasteiger charge is -2.32. The molecular formula is C17H17BrN4O2. The number of nitrogens with zero attached hydrogens (tertiary/aromatic N) is 4. The highest BCUT2D eigenvalue weighted by atomic mass is 79.9. The smallest absolute Gasteiger partial charge is 0.274 e. The first-order valence-electron chi connectivity index (χ1n) is 8.00. The number of halogens is 1. The van der Waals surface area contributed by atoms with Crippen LogP contribution in [0, 0.1) is 0 Å². The minimum absolute atomic E-state index is 0.0187. The lowest BCUT2D eigenvalue weighted by molar-refractivity contribution is 0.0664. The first kappa shape index (κ1) is 15.4. The van der Waals surface area contributed by atoms with Gasteiger partial charge in [0.05, 0.1) is 10.5 Å². The van der Waals surface area contributed by atoms with E-state index in [1.54, 1.807) is 23.0 Å². The van der Waals surface area contributed by atoms with Crippen LogP contribution in [0.5, 0.6) is 0 Å². The quantitative estimate of drug-likeness (QED) is 0.674. The summed E-state index contributed by atoms with van der Waals surface area (Å²) in [6, 6.07) is 3.78. The van der Waals surface area contributed by atoms with Gasteiger partial charge in [0.2, 0.25) is 0 Å². The highest BCUT2D eigenvalue weighted by Gasteiger charge is 2.32. The van der Waals surface area contributed by atoms with Gasteiger partial charge in [-0.3, -0.25) is 4.79 Å². The van der Waals surface area contributed by atoms with Gasteiger partial charge in [-0.05, 0) is 28.9 Å². The van der Waals surface area contributed by atoms with E-state index in [0.717, 1.165) is 34.4 Å². The number of amides is 1. The van der Waals surface area contributed by atoms with Gasteiger partial charge in [0.15, 0.2) is 11.3 Å². The number of aromatic nitrogens is 3. The second kappa shape index (κ2) is 5.73. The second-order valence-electron chi connectivity index (χ2n) is 5.97. The van der Waals surface area contributed by atoms with Crippen molar-refractivity contribution in [1.29, 1.82) is 0 Å².